The van der Waals surface area contributed by atoms with Gasteiger partial charge < -0.3 is 9.84 Å². The number of benzene rings is 1. The third kappa shape index (κ3) is 2.54. The first-order valence-electron chi connectivity index (χ1n) is 7.17. The van der Waals surface area contributed by atoms with Crippen molar-refractivity contribution in [2.75, 3.05) is 6.61 Å². The lowest BCUT2D eigenvalue weighted by molar-refractivity contribution is -0.157. The predicted molar refractivity (Wildman–Crippen MR) is 71.4 cm³/mol. The Balaban J connectivity index is 1.77. The highest BCUT2D eigenvalue weighted by Gasteiger charge is 2.44. The highest BCUT2D eigenvalue weighted by Crippen LogP contribution is 2.47. The first kappa shape index (κ1) is 13.1. The van der Waals surface area contributed by atoms with E-state index < -0.39 is 6.10 Å². The number of hydrogen-bond donors (Lipinski definition) is 1. The molecule has 1 spiro atoms. The first-order chi connectivity index (χ1) is 9.08. The Hall–Kier alpha value is -0.930. The van der Waals surface area contributed by atoms with Crippen LogP contribution in [-0.4, -0.2) is 17.3 Å². The molecular weight excluding hydrogens is 243 g/mol. The lowest BCUT2D eigenvalue weighted by atomic mass is 9.70. The van der Waals surface area contributed by atoms with Crippen LogP contribution in [0.2, 0.25) is 0 Å². The summed E-state index contributed by atoms with van der Waals surface area (Å²) >= 11 is 0. The van der Waals surface area contributed by atoms with E-state index in [9.17, 15) is 9.50 Å². The molecule has 1 aliphatic heterocycles. The van der Waals surface area contributed by atoms with Crippen LogP contribution in [0.15, 0.2) is 18.2 Å². The van der Waals surface area contributed by atoms with Crippen LogP contribution in [-0.2, 0) is 4.74 Å². The van der Waals surface area contributed by atoms with Gasteiger partial charge in [-0.2, -0.15) is 0 Å². The van der Waals surface area contributed by atoms with Gasteiger partial charge in [0.2, 0.25) is 0 Å². The summed E-state index contributed by atoms with van der Waals surface area (Å²) < 4.78 is 19.3. The Kier molecular flexibility index (Phi) is 3.35. The summed E-state index contributed by atoms with van der Waals surface area (Å²) in [7, 11) is 0. The number of rotatable bonds is 2. The molecule has 1 heterocycles. The molecule has 1 aromatic rings. The second-order valence-electron chi connectivity index (χ2n) is 6.14. The van der Waals surface area contributed by atoms with Gasteiger partial charge in [0.05, 0.1) is 11.7 Å². The van der Waals surface area contributed by atoms with Crippen LogP contribution >= 0.6 is 0 Å². The maximum atomic E-state index is 13.4. The number of aryl methyl sites for hydroxylation is 1. The highest BCUT2D eigenvalue weighted by molar-refractivity contribution is 5.26. The van der Waals surface area contributed by atoms with Crippen molar-refractivity contribution < 1.29 is 14.2 Å². The smallest absolute Gasteiger partial charge is 0.123 e. The average molecular weight is 264 g/mol. The summed E-state index contributed by atoms with van der Waals surface area (Å²) in [5.41, 5.74) is 1.59. The average Bonchev–Trinajstić information content (AvgIpc) is 2.35. The fourth-order valence-corrected chi connectivity index (χ4v) is 3.46. The Bertz CT molecular complexity index is 448. The summed E-state index contributed by atoms with van der Waals surface area (Å²) in [5.74, 6) is -0.0743. The van der Waals surface area contributed by atoms with Gasteiger partial charge in [0.15, 0.2) is 0 Å². The molecule has 1 saturated carbocycles. The molecule has 1 aromatic carbocycles. The van der Waals surface area contributed by atoms with E-state index >= 15 is 0 Å². The topological polar surface area (TPSA) is 29.5 Å². The molecule has 19 heavy (non-hydrogen) atoms. The van der Waals surface area contributed by atoms with Gasteiger partial charge in [-0.3, -0.25) is 0 Å². The number of ether oxygens (including phenoxy) is 1. The zero-order chi connectivity index (χ0) is 13.5. The molecule has 2 aliphatic rings. The number of aliphatic hydroxyl groups excluding tert-OH is 1. The van der Waals surface area contributed by atoms with Crippen molar-refractivity contribution in [1.29, 1.82) is 0 Å². The van der Waals surface area contributed by atoms with Gasteiger partial charge in [0.25, 0.3) is 0 Å². The molecule has 2 fully saturated rings. The molecular formula is C16H21FO2. The third-order valence-corrected chi connectivity index (χ3v) is 4.65. The zero-order valence-electron chi connectivity index (χ0n) is 11.4. The molecule has 1 aliphatic carbocycles. The van der Waals surface area contributed by atoms with Gasteiger partial charge >= 0.3 is 0 Å². The van der Waals surface area contributed by atoms with Crippen molar-refractivity contribution in [3.8, 4) is 0 Å². The van der Waals surface area contributed by atoms with Crippen molar-refractivity contribution in [3.63, 3.8) is 0 Å². The van der Waals surface area contributed by atoms with Crippen LogP contribution in [0.5, 0.6) is 0 Å². The Morgan fingerprint density at radius 1 is 1.37 bits per heavy atom. The van der Waals surface area contributed by atoms with E-state index in [1.165, 1.54) is 18.6 Å². The van der Waals surface area contributed by atoms with E-state index in [1.807, 2.05) is 13.0 Å². The summed E-state index contributed by atoms with van der Waals surface area (Å²) in [6.07, 6.45) is 4.64. The molecule has 3 rings (SSSR count). The predicted octanol–water partition coefficient (Wildman–Crippen LogP) is 3.52. The fourth-order valence-electron chi connectivity index (χ4n) is 3.46. The van der Waals surface area contributed by atoms with E-state index in [4.69, 9.17) is 4.74 Å². The van der Waals surface area contributed by atoms with Crippen LogP contribution in [0.3, 0.4) is 0 Å². The molecule has 0 radical (unpaired) electrons. The summed E-state index contributed by atoms with van der Waals surface area (Å²) in [6.45, 7) is 2.58. The second-order valence-corrected chi connectivity index (χ2v) is 6.14. The summed E-state index contributed by atoms with van der Waals surface area (Å²) in [4.78, 5) is 0. The monoisotopic (exact) mass is 264 g/mol. The third-order valence-electron chi connectivity index (χ3n) is 4.65. The largest absolute Gasteiger partial charge is 0.388 e. The molecule has 2 nitrogen and oxygen atoms in total. The van der Waals surface area contributed by atoms with E-state index in [0.29, 0.717) is 5.56 Å². The summed E-state index contributed by atoms with van der Waals surface area (Å²) in [5, 5.41) is 10.5. The first-order valence-corrected chi connectivity index (χ1v) is 7.17. The van der Waals surface area contributed by atoms with Crippen molar-refractivity contribution in [2.24, 2.45) is 5.92 Å². The normalized spacial score (nSPS) is 27.0. The summed E-state index contributed by atoms with van der Waals surface area (Å²) in [6, 6.07) is 4.84. The lowest BCUT2D eigenvalue weighted by Crippen LogP contribution is -2.46. The minimum absolute atomic E-state index is 0.0201. The minimum atomic E-state index is -0.573. The SMILES string of the molecule is Cc1cc(F)cc(C(O)C2CCOC3(CCC3)C2)c1. The van der Waals surface area contributed by atoms with E-state index in [0.717, 1.165) is 37.9 Å². The lowest BCUT2D eigenvalue weighted by Gasteiger charge is -2.48. The van der Waals surface area contributed by atoms with Gasteiger partial charge in [0, 0.05) is 6.61 Å². The minimum Gasteiger partial charge on any atom is -0.388 e. The molecule has 0 amide bonds. The number of hydrogen-bond acceptors (Lipinski definition) is 2. The van der Waals surface area contributed by atoms with Crippen LogP contribution in [0.1, 0.15) is 49.3 Å². The van der Waals surface area contributed by atoms with Gasteiger partial charge in [-0.05, 0) is 68.2 Å². The molecule has 104 valence electrons. The van der Waals surface area contributed by atoms with E-state index in [2.05, 4.69) is 0 Å². The van der Waals surface area contributed by atoms with Crippen molar-refractivity contribution >= 4 is 0 Å². The van der Waals surface area contributed by atoms with Crippen molar-refractivity contribution in [2.45, 2.75) is 50.7 Å². The van der Waals surface area contributed by atoms with Gasteiger partial charge in [-0.15, -0.1) is 0 Å². The number of aliphatic hydroxyl groups is 1. The quantitative estimate of drug-likeness (QED) is 0.885. The van der Waals surface area contributed by atoms with Crippen molar-refractivity contribution in [1.82, 2.24) is 0 Å². The van der Waals surface area contributed by atoms with Gasteiger partial charge in [0.1, 0.15) is 5.82 Å². The molecule has 3 heteroatoms. The van der Waals surface area contributed by atoms with Crippen LogP contribution in [0.25, 0.3) is 0 Å². The number of halogens is 1. The Labute approximate surface area is 113 Å². The molecule has 1 saturated heterocycles. The van der Waals surface area contributed by atoms with Gasteiger partial charge in [-0.1, -0.05) is 6.07 Å². The molecule has 0 aromatic heterocycles. The molecule has 0 bridgehead atoms. The van der Waals surface area contributed by atoms with Crippen LogP contribution in [0, 0.1) is 18.7 Å². The van der Waals surface area contributed by atoms with Crippen LogP contribution < -0.4 is 0 Å². The standard InChI is InChI=1S/C16H21FO2/c1-11-7-13(9-14(17)8-11)15(18)12-3-6-19-16(10-12)4-2-5-16/h7-9,12,15,18H,2-6,10H2,1H3. The maximum absolute atomic E-state index is 13.4. The second kappa shape index (κ2) is 4.88. The van der Waals surface area contributed by atoms with Gasteiger partial charge in [-0.25, -0.2) is 4.39 Å². The van der Waals surface area contributed by atoms with Crippen LogP contribution in [0.4, 0.5) is 4.39 Å². The van der Waals surface area contributed by atoms with E-state index in [-0.39, 0.29) is 17.3 Å². The Morgan fingerprint density at radius 3 is 2.79 bits per heavy atom. The van der Waals surface area contributed by atoms with Crippen molar-refractivity contribution in [3.05, 3.63) is 35.1 Å². The highest BCUT2D eigenvalue weighted by atomic mass is 19.1. The fraction of sp³-hybridized carbons (Fsp3) is 0.625. The zero-order valence-corrected chi connectivity index (χ0v) is 11.4. The Morgan fingerprint density at radius 2 is 2.16 bits per heavy atom. The molecule has 2 unspecified atom stereocenters. The molecule has 1 N–H and O–H groups in total. The van der Waals surface area contributed by atoms with E-state index in [1.54, 1.807) is 0 Å². The maximum Gasteiger partial charge on any atom is 0.123 e. The molecule has 2 atom stereocenters.